The van der Waals surface area contributed by atoms with Gasteiger partial charge in [-0.1, -0.05) is 39.0 Å². The van der Waals surface area contributed by atoms with Crippen molar-refractivity contribution in [1.29, 1.82) is 0 Å². The monoisotopic (exact) mass is 372 g/mol. The van der Waals surface area contributed by atoms with E-state index >= 15 is 0 Å². The summed E-state index contributed by atoms with van der Waals surface area (Å²) in [6.45, 7) is 0.840. The summed E-state index contributed by atoms with van der Waals surface area (Å²) >= 11 is 0. The van der Waals surface area contributed by atoms with Crippen molar-refractivity contribution >= 4 is 5.78 Å². The molecule has 1 atom stereocenters. The van der Waals surface area contributed by atoms with E-state index in [1.54, 1.807) is 0 Å². The highest BCUT2D eigenvalue weighted by molar-refractivity contribution is 5.88. The largest absolute Gasteiger partial charge is 0.460 e. The molecular weight excluding hydrogens is 355 g/mol. The topological polar surface area (TPSA) is 17.1 Å². The van der Waals surface area contributed by atoms with Gasteiger partial charge in [-0.2, -0.15) is 39.5 Å². The van der Waals surface area contributed by atoms with Gasteiger partial charge in [-0.05, 0) is 12.3 Å². The second kappa shape index (κ2) is 6.74. The number of halogens is 9. The first-order valence-electron chi connectivity index (χ1n) is 7.40. The molecule has 0 aliphatic heterocycles. The van der Waals surface area contributed by atoms with Crippen LogP contribution in [0.2, 0.25) is 0 Å². The smallest absolute Gasteiger partial charge is 0.292 e. The van der Waals surface area contributed by atoms with Gasteiger partial charge in [0.1, 0.15) is 0 Å². The summed E-state index contributed by atoms with van der Waals surface area (Å²) in [7, 11) is 0. The third-order valence-corrected chi connectivity index (χ3v) is 4.31. The Morgan fingerprint density at radius 2 is 1.33 bits per heavy atom. The Hall–Kier alpha value is -0.960. The fourth-order valence-electron chi connectivity index (χ4n) is 2.87. The van der Waals surface area contributed by atoms with Crippen LogP contribution in [0, 0.1) is 11.8 Å². The first kappa shape index (κ1) is 21.1. The van der Waals surface area contributed by atoms with Crippen LogP contribution in [-0.4, -0.2) is 29.7 Å². The first-order chi connectivity index (χ1) is 10.7. The molecule has 0 bridgehead atoms. The van der Waals surface area contributed by atoms with Crippen LogP contribution in [0.3, 0.4) is 0 Å². The van der Waals surface area contributed by atoms with Crippen molar-refractivity contribution in [3.63, 3.8) is 0 Å². The number of carbonyl (C=O) groups is 1. The van der Waals surface area contributed by atoms with Gasteiger partial charge in [0.25, 0.3) is 0 Å². The zero-order valence-corrected chi connectivity index (χ0v) is 12.7. The van der Waals surface area contributed by atoms with E-state index < -0.39 is 35.6 Å². The molecule has 142 valence electrons. The highest BCUT2D eigenvalue weighted by Gasteiger charge is 2.83. The Kier molecular flexibility index (Phi) is 5.92. The lowest BCUT2D eigenvalue weighted by molar-refractivity contribution is -0.388. The average molecular weight is 372 g/mol. The van der Waals surface area contributed by atoms with Crippen LogP contribution in [0.15, 0.2) is 0 Å². The van der Waals surface area contributed by atoms with E-state index in [-0.39, 0.29) is 12.3 Å². The van der Waals surface area contributed by atoms with Crippen molar-refractivity contribution in [2.45, 2.75) is 69.4 Å². The molecule has 1 aliphatic carbocycles. The lowest BCUT2D eigenvalue weighted by Gasteiger charge is -2.34. The molecule has 1 unspecified atom stereocenters. The van der Waals surface area contributed by atoms with E-state index in [0.29, 0.717) is 12.8 Å². The number of hydrogen-bond donors (Lipinski definition) is 0. The summed E-state index contributed by atoms with van der Waals surface area (Å²) in [6.07, 6.45) is -3.62. The maximum atomic E-state index is 13.5. The molecule has 0 amide bonds. The van der Waals surface area contributed by atoms with Crippen LogP contribution in [-0.2, 0) is 4.79 Å². The minimum absolute atomic E-state index is 0.217. The van der Waals surface area contributed by atoms with Crippen molar-refractivity contribution in [3.8, 4) is 0 Å². The van der Waals surface area contributed by atoms with Gasteiger partial charge >= 0.3 is 23.9 Å². The molecule has 1 fully saturated rings. The number of Topliss-reactive ketones (excluding diaryl/α,β-unsaturated/α-hetero) is 1. The third kappa shape index (κ3) is 3.66. The molecule has 0 spiro atoms. The van der Waals surface area contributed by atoms with Crippen molar-refractivity contribution < 1.29 is 44.3 Å². The molecule has 0 aromatic rings. The van der Waals surface area contributed by atoms with Crippen molar-refractivity contribution in [1.82, 2.24) is 0 Å². The van der Waals surface area contributed by atoms with Gasteiger partial charge in [0.05, 0.1) is 0 Å². The highest BCUT2D eigenvalue weighted by Crippen LogP contribution is 2.54. The molecule has 1 rings (SSSR count). The van der Waals surface area contributed by atoms with Crippen LogP contribution in [0.25, 0.3) is 0 Å². The average Bonchev–Trinajstić information content (AvgIpc) is 2.45. The Balaban J connectivity index is 2.97. The van der Waals surface area contributed by atoms with Crippen LogP contribution < -0.4 is 0 Å². The number of ketones is 1. The first-order valence-corrected chi connectivity index (χ1v) is 7.40. The summed E-state index contributed by atoms with van der Waals surface area (Å²) in [4.78, 5) is 11.5. The van der Waals surface area contributed by atoms with E-state index in [2.05, 4.69) is 0 Å². The molecule has 0 aromatic heterocycles. The van der Waals surface area contributed by atoms with Gasteiger partial charge in [0.15, 0.2) is 0 Å². The highest BCUT2D eigenvalue weighted by atomic mass is 19.4. The molecule has 0 radical (unpaired) electrons. The normalized spacial score (nSPS) is 20.1. The standard InChI is InChI=1S/C14H17F9O/c1-8(7-9-5-3-2-4-6-9)10(24)11(15,16)12(17,18)13(19,20)14(21,22)23/h8-9H,2-7H2,1H3. The fourth-order valence-corrected chi connectivity index (χ4v) is 2.87. The second-order valence-corrected chi connectivity index (χ2v) is 6.23. The maximum Gasteiger partial charge on any atom is 0.460 e. The molecule has 1 aliphatic rings. The minimum Gasteiger partial charge on any atom is -0.292 e. The minimum atomic E-state index is -7.02. The van der Waals surface area contributed by atoms with Gasteiger partial charge in [-0.25, -0.2) is 0 Å². The molecule has 0 heterocycles. The van der Waals surface area contributed by atoms with Gasteiger partial charge in [0, 0.05) is 5.92 Å². The summed E-state index contributed by atoms with van der Waals surface area (Å²) < 4.78 is 115. The Morgan fingerprint density at radius 3 is 1.75 bits per heavy atom. The van der Waals surface area contributed by atoms with Gasteiger partial charge in [-0.15, -0.1) is 0 Å². The number of alkyl halides is 9. The molecule has 0 aromatic carbocycles. The number of hydrogen-bond acceptors (Lipinski definition) is 1. The molecule has 1 nitrogen and oxygen atoms in total. The fraction of sp³-hybridized carbons (Fsp3) is 0.929. The van der Waals surface area contributed by atoms with Crippen molar-refractivity contribution in [2.75, 3.05) is 0 Å². The lowest BCUT2D eigenvalue weighted by atomic mass is 9.80. The molecule has 10 heteroatoms. The quantitative estimate of drug-likeness (QED) is 0.552. The summed E-state index contributed by atoms with van der Waals surface area (Å²) in [5.74, 6) is -24.6. The van der Waals surface area contributed by atoms with Crippen LogP contribution in [0.1, 0.15) is 45.4 Å². The third-order valence-electron chi connectivity index (χ3n) is 4.31. The zero-order valence-electron chi connectivity index (χ0n) is 12.7. The van der Waals surface area contributed by atoms with E-state index in [0.717, 1.165) is 26.2 Å². The summed E-state index contributed by atoms with van der Waals surface area (Å²) in [5, 5.41) is 0. The molecule has 0 saturated heterocycles. The predicted octanol–water partition coefficient (Wildman–Crippen LogP) is 5.63. The SMILES string of the molecule is CC(CC1CCCCC1)C(=O)C(F)(F)C(F)(F)C(F)(F)C(F)(F)F. The van der Waals surface area contributed by atoms with Crippen LogP contribution in [0.4, 0.5) is 39.5 Å². The number of rotatable bonds is 6. The maximum absolute atomic E-state index is 13.5. The lowest BCUT2D eigenvalue weighted by Crippen LogP contribution is -2.64. The van der Waals surface area contributed by atoms with E-state index in [4.69, 9.17) is 0 Å². The van der Waals surface area contributed by atoms with E-state index in [9.17, 15) is 44.3 Å². The Labute approximate surface area is 132 Å². The Morgan fingerprint density at radius 1 is 0.875 bits per heavy atom. The van der Waals surface area contributed by atoms with Crippen LogP contribution in [0.5, 0.6) is 0 Å². The van der Waals surface area contributed by atoms with E-state index in [1.165, 1.54) is 0 Å². The predicted molar refractivity (Wildman–Crippen MR) is 66.3 cm³/mol. The molecular formula is C14H17F9O. The van der Waals surface area contributed by atoms with Gasteiger partial charge < -0.3 is 0 Å². The Bertz CT molecular complexity index is 450. The summed E-state index contributed by atoms with van der Waals surface area (Å²) in [5.41, 5.74) is 0. The van der Waals surface area contributed by atoms with Crippen LogP contribution >= 0.6 is 0 Å². The second-order valence-electron chi connectivity index (χ2n) is 6.23. The zero-order chi connectivity index (χ0) is 19.0. The van der Waals surface area contributed by atoms with Crippen molar-refractivity contribution in [2.24, 2.45) is 11.8 Å². The molecule has 0 N–H and O–H groups in total. The molecule has 1 saturated carbocycles. The van der Waals surface area contributed by atoms with E-state index in [1.807, 2.05) is 0 Å². The van der Waals surface area contributed by atoms with Gasteiger partial charge in [-0.3, -0.25) is 4.79 Å². The molecule has 24 heavy (non-hydrogen) atoms. The summed E-state index contributed by atoms with van der Waals surface area (Å²) in [6, 6.07) is 0. The van der Waals surface area contributed by atoms with Gasteiger partial charge in [0.2, 0.25) is 5.78 Å². The van der Waals surface area contributed by atoms with Crippen molar-refractivity contribution in [3.05, 3.63) is 0 Å². The number of carbonyl (C=O) groups excluding carboxylic acids is 1.